The molecule has 3 nitrogen and oxygen atoms in total. The van der Waals surface area contributed by atoms with Crippen molar-refractivity contribution in [2.75, 3.05) is 6.54 Å². The Hall–Kier alpha value is -2.13. The second kappa shape index (κ2) is 6.32. The minimum atomic E-state index is -0.878. The Morgan fingerprint density at radius 1 is 1.05 bits per heavy atom. The molecule has 0 saturated heterocycles. The van der Waals surface area contributed by atoms with Gasteiger partial charge in [-0.3, -0.25) is 0 Å². The van der Waals surface area contributed by atoms with E-state index in [4.69, 9.17) is 5.11 Å². The molecule has 1 aliphatic rings. The third-order valence-corrected chi connectivity index (χ3v) is 4.69. The van der Waals surface area contributed by atoms with Crippen molar-refractivity contribution in [3.63, 3.8) is 0 Å². The lowest BCUT2D eigenvalue weighted by Gasteiger charge is -2.43. The van der Waals surface area contributed by atoms with Crippen molar-refractivity contribution < 1.29 is 9.90 Å². The van der Waals surface area contributed by atoms with Crippen LogP contribution in [-0.2, 0) is 12.0 Å². The van der Waals surface area contributed by atoms with Crippen molar-refractivity contribution in [3.8, 4) is 0 Å². The zero-order chi connectivity index (χ0) is 15.4. The Morgan fingerprint density at radius 2 is 1.73 bits per heavy atom. The molecule has 3 heteroatoms. The molecule has 1 aliphatic carbocycles. The molecule has 0 heterocycles. The maximum Gasteiger partial charge on any atom is 0.335 e. The van der Waals surface area contributed by atoms with E-state index in [0.717, 1.165) is 18.7 Å². The number of hydrogen-bond acceptors (Lipinski definition) is 2. The molecule has 22 heavy (non-hydrogen) atoms. The van der Waals surface area contributed by atoms with Crippen LogP contribution in [-0.4, -0.2) is 17.6 Å². The molecule has 0 unspecified atom stereocenters. The summed E-state index contributed by atoms with van der Waals surface area (Å²) in [6.07, 6.45) is 3.77. The maximum atomic E-state index is 10.8. The summed E-state index contributed by atoms with van der Waals surface area (Å²) in [7, 11) is 0. The zero-order valence-corrected chi connectivity index (χ0v) is 12.6. The highest BCUT2D eigenvalue weighted by Crippen LogP contribution is 2.43. The normalized spacial score (nSPS) is 16.0. The number of carboxylic acids is 1. The van der Waals surface area contributed by atoms with Crippen molar-refractivity contribution >= 4 is 5.97 Å². The van der Waals surface area contributed by atoms with Crippen molar-refractivity contribution in [1.82, 2.24) is 5.32 Å². The smallest absolute Gasteiger partial charge is 0.335 e. The van der Waals surface area contributed by atoms with Crippen LogP contribution in [0.15, 0.2) is 54.6 Å². The summed E-state index contributed by atoms with van der Waals surface area (Å²) in [6.45, 7) is 1.74. The average molecular weight is 295 g/mol. The van der Waals surface area contributed by atoms with Gasteiger partial charge >= 0.3 is 5.97 Å². The Balaban J connectivity index is 1.59. The number of carbonyl (C=O) groups is 1. The minimum absolute atomic E-state index is 0.280. The van der Waals surface area contributed by atoms with Crippen LogP contribution in [0.1, 0.15) is 40.7 Å². The molecule has 1 fully saturated rings. The second-order valence-electron chi connectivity index (χ2n) is 6.11. The molecule has 0 amide bonds. The summed E-state index contributed by atoms with van der Waals surface area (Å²) in [5, 5.41) is 12.5. The van der Waals surface area contributed by atoms with E-state index in [9.17, 15) is 4.79 Å². The van der Waals surface area contributed by atoms with E-state index in [-0.39, 0.29) is 5.41 Å². The molecule has 0 radical (unpaired) electrons. The molecule has 0 aromatic heterocycles. The summed E-state index contributed by atoms with van der Waals surface area (Å²) in [4.78, 5) is 10.8. The molecule has 2 N–H and O–H groups in total. The SMILES string of the molecule is O=C(O)c1ccc(CNCC2(c3ccccc3)CCC2)cc1. The molecular weight excluding hydrogens is 274 g/mol. The number of nitrogens with one attached hydrogen (secondary N) is 1. The van der Waals surface area contributed by atoms with Crippen LogP contribution in [0.2, 0.25) is 0 Å². The predicted octanol–water partition coefficient (Wildman–Crippen LogP) is 3.60. The van der Waals surface area contributed by atoms with Gasteiger partial charge in [0, 0.05) is 18.5 Å². The standard InChI is InChI=1S/C19H21NO2/c21-18(22)16-9-7-15(8-10-16)13-20-14-19(11-4-12-19)17-5-2-1-3-6-17/h1-3,5-10,20H,4,11-14H2,(H,21,22). The van der Waals surface area contributed by atoms with E-state index in [1.54, 1.807) is 12.1 Å². The summed E-state index contributed by atoms with van der Waals surface area (Å²) in [5.41, 5.74) is 3.16. The van der Waals surface area contributed by atoms with E-state index >= 15 is 0 Å². The van der Waals surface area contributed by atoms with Gasteiger partial charge in [-0.15, -0.1) is 0 Å². The van der Waals surface area contributed by atoms with E-state index in [1.165, 1.54) is 24.8 Å². The molecular formula is C19H21NO2. The lowest BCUT2D eigenvalue weighted by molar-refractivity contribution is 0.0697. The number of aromatic carboxylic acids is 1. The fraction of sp³-hybridized carbons (Fsp3) is 0.316. The van der Waals surface area contributed by atoms with Crippen LogP contribution in [0, 0.1) is 0 Å². The van der Waals surface area contributed by atoms with Crippen LogP contribution in [0.5, 0.6) is 0 Å². The predicted molar refractivity (Wildman–Crippen MR) is 87.1 cm³/mol. The van der Waals surface area contributed by atoms with Gasteiger partial charge in [0.1, 0.15) is 0 Å². The van der Waals surface area contributed by atoms with Crippen molar-refractivity contribution in [2.45, 2.75) is 31.2 Å². The zero-order valence-electron chi connectivity index (χ0n) is 12.6. The molecule has 2 aromatic carbocycles. The first-order chi connectivity index (χ1) is 10.7. The highest BCUT2D eigenvalue weighted by atomic mass is 16.4. The lowest BCUT2D eigenvalue weighted by Crippen LogP contribution is -2.43. The van der Waals surface area contributed by atoms with Gasteiger partial charge in [0.2, 0.25) is 0 Å². The van der Waals surface area contributed by atoms with E-state index < -0.39 is 5.97 Å². The summed E-state index contributed by atoms with van der Waals surface area (Å²) in [5.74, 6) is -0.878. The first-order valence-corrected chi connectivity index (χ1v) is 7.78. The molecule has 0 atom stereocenters. The van der Waals surface area contributed by atoms with Crippen LogP contribution in [0.3, 0.4) is 0 Å². The third-order valence-electron chi connectivity index (χ3n) is 4.69. The topological polar surface area (TPSA) is 49.3 Å². The third kappa shape index (κ3) is 3.04. The highest BCUT2D eigenvalue weighted by Gasteiger charge is 2.37. The van der Waals surface area contributed by atoms with Gasteiger partial charge in [-0.2, -0.15) is 0 Å². The van der Waals surface area contributed by atoms with Crippen LogP contribution >= 0.6 is 0 Å². The van der Waals surface area contributed by atoms with Crippen molar-refractivity contribution in [1.29, 1.82) is 0 Å². The fourth-order valence-electron chi connectivity index (χ4n) is 3.17. The van der Waals surface area contributed by atoms with E-state index in [1.807, 2.05) is 12.1 Å². The quantitative estimate of drug-likeness (QED) is 0.856. The number of carboxylic acid groups (broad SMARTS) is 1. The minimum Gasteiger partial charge on any atom is -0.478 e. The monoisotopic (exact) mass is 295 g/mol. The van der Waals surface area contributed by atoms with Gasteiger partial charge < -0.3 is 10.4 Å². The molecule has 0 spiro atoms. The number of hydrogen-bond donors (Lipinski definition) is 2. The summed E-state index contributed by atoms with van der Waals surface area (Å²) >= 11 is 0. The van der Waals surface area contributed by atoms with Gasteiger partial charge in [0.05, 0.1) is 5.56 Å². The largest absolute Gasteiger partial charge is 0.478 e. The summed E-state index contributed by atoms with van der Waals surface area (Å²) < 4.78 is 0. The second-order valence-corrected chi connectivity index (χ2v) is 6.11. The average Bonchev–Trinajstić information content (AvgIpc) is 2.51. The summed E-state index contributed by atoms with van der Waals surface area (Å²) in [6, 6.07) is 17.8. The van der Waals surface area contributed by atoms with Gasteiger partial charge in [0.25, 0.3) is 0 Å². The fourth-order valence-corrected chi connectivity index (χ4v) is 3.17. The van der Waals surface area contributed by atoms with E-state index in [2.05, 4.69) is 35.6 Å². The van der Waals surface area contributed by atoms with Crippen molar-refractivity contribution in [2.24, 2.45) is 0 Å². The highest BCUT2D eigenvalue weighted by molar-refractivity contribution is 5.87. The van der Waals surface area contributed by atoms with E-state index in [0.29, 0.717) is 5.56 Å². The molecule has 114 valence electrons. The van der Waals surface area contributed by atoms with Crippen molar-refractivity contribution in [3.05, 3.63) is 71.3 Å². The van der Waals surface area contributed by atoms with Crippen LogP contribution in [0.4, 0.5) is 0 Å². The van der Waals surface area contributed by atoms with Gasteiger partial charge in [-0.25, -0.2) is 4.79 Å². The van der Waals surface area contributed by atoms with Gasteiger partial charge in [0.15, 0.2) is 0 Å². The van der Waals surface area contributed by atoms with Crippen LogP contribution in [0.25, 0.3) is 0 Å². The number of benzene rings is 2. The molecule has 0 aliphatic heterocycles. The maximum absolute atomic E-state index is 10.8. The first kappa shape index (κ1) is 14.8. The molecule has 0 bridgehead atoms. The first-order valence-electron chi connectivity index (χ1n) is 7.78. The Labute approximate surface area is 131 Å². The van der Waals surface area contributed by atoms with Crippen LogP contribution < -0.4 is 5.32 Å². The van der Waals surface area contributed by atoms with Gasteiger partial charge in [-0.05, 0) is 36.1 Å². The molecule has 2 aromatic rings. The Morgan fingerprint density at radius 3 is 2.27 bits per heavy atom. The Bertz CT molecular complexity index is 630. The van der Waals surface area contributed by atoms with Gasteiger partial charge in [-0.1, -0.05) is 48.9 Å². The lowest BCUT2D eigenvalue weighted by atomic mass is 9.64. The molecule has 1 saturated carbocycles. The Kier molecular flexibility index (Phi) is 4.25. The number of rotatable bonds is 6. The molecule has 3 rings (SSSR count).